The van der Waals surface area contributed by atoms with Gasteiger partial charge in [-0.1, -0.05) is 15.9 Å². The zero-order valence-corrected chi connectivity index (χ0v) is 10.3. The van der Waals surface area contributed by atoms with Crippen molar-refractivity contribution in [3.8, 4) is 0 Å². The molecule has 0 radical (unpaired) electrons. The lowest BCUT2D eigenvalue weighted by Gasteiger charge is -2.37. The Balaban J connectivity index is 2.42. The van der Waals surface area contributed by atoms with Crippen molar-refractivity contribution in [2.75, 3.05) is 26.4 Å². The van der Waals surface area contributed by atoms with Gasteiger partial charge in [-0.2, -0.15) is 0 Å². The Morgan fingerprint density at radius 3 is 3.00 bits per heavy atom. The highest BCUT2D eigenvalue weighted by molar-refractivity contribution is 9.10. The minimum atomic E-state index is -0.827. The molecule has 16 heavy (non-hydrogen) atoms. The van der Waals surface area contributed by atoms with Crippen molar-refractivity contribution in [2.45, 2.75) is 5.54 Å². The fraction of sp³-hybridized carbons (Fsp3) is 0.455. The average molecular weight is 290 g/mol. The van der Waals surface area contributed by atoms with E-state index in [0.717, 1.165) is 4.47 Å². The molecule has 0 bridgehead atoms. The van der Waals surface area contributed by atoms with Crippen LogP contribution in [-0.2, 0) is 10.3 Å². The van der Waals surface area contributed by atoms with Crippen LogP contribution in [0.25, 0.3) is 0 Å². The smallest absolute Gasteiger partial charge is 0.128 e. The third-order valence-corrected chi connectivity index (χ3v) is 3.27. The van der Waals surface area contributed by atoms with Crippen LogP contribution in [0.4, 0.5) is 4.39 Å². The van der Waals surface area contributed by atoms with Crippen LogP contribution < -0.4 is 5.32 Å². The zero-order chi connectivity index (χ0) is 11.6. The molecule has 0 aromatic heterocycles. The fourth-order valence-electron chi connectivity index (χ4n) is 1.88. The van der Waals surface area contributed by atoms with Crippen molar-refractivity contribution < 1.29 is 14.2 Å². The Morgan fingerprint density at radius 2 is 2.38 bits per heavy atom. The molecule has 2 rings (SSSR count). The highest BCUT2D eigenvalue weighted by Crippen LogP contribution is 2.28. The van der Waals surface area contributed by atoms with Crippen LogP contribution in [-0.4, -0.2) is 31.5 Å². The SMILES string of the molecule is OCC1(c2cc(Br)ccc2F)COCCN1. The first-order chi connectivity index (χ1) is 7.68. The normalized spacial score (nSPS) is 25.7. The maximum Gasteiger partial charge on any atom is 0.128 e. The first kappa shape index (κ1) is 12.0. The lowest BCUT2D eigenvalue weighted by Crippen LogP contribution is -2.54. The molecule has 1 heterocycles. The molecule has 1 unspecified atom stereocenters. The molecule has 0 aliphatic carbocycles. The average Bonchev–Trinajstić information content (AvgIpc) is 2.33. The first-order valence-electron chi connectivity index (χ1n) is 5.07. The van der Waals surface area contributed by atoms with Crippen LogP contribution in [0.2, 0.25) is 0 Å². The van der Waals surface area contributed by atoms with E-state index in [4.69, 9.17) is 4.74 Å². The summed E-state index contributed by atoms with van der Waals surface area (Å²) in [5.74, 6) is -0.338. The Bertz CT molecular complexity index is 380. The molecule has 1 saturated heterocycles. The van der Waals surface area contributed by atoms with Crippen molar-refractivity contribution in [3.05, 3.63) is 34.1 Å². The van der Waals surface area contributed by atoms with Crippen LogP contribution in [0, 0.1) is 5.82 Å². The summed E-state index contributed by atoms with van der Waals surface area (Å²) in [5, 5.41) is 12.6. The Hall–Kier alpha value is -0.490. The molecule has 2 N–H and O–H groups in total. The van der Waals surface area contributed by atoms with E-state index in [9.17, 15) is 9.50 Å². The second-order valence-electron chi connectivity index (χ2n) is 3.84. The van der Waals surface area contributed by atoms with Gasteiger partial charge in [0, 0.05) is 16.6 Å². The van der Waals surface area contributed by atoms with Gasteiger partial charge in [-0.3, -0.25) is 0 Å². The van der Waals surface area contributed by atoms with Gasteiger partial charge in [-0.25, -0.2) is 4.39 Å². The summed E-state index contributed by atoms with van der Waals surface area (Å²) in [7, 11) is 0. The van der Waals surface area contributed by atoms with Gasteiger partial charge in [-0.05, 0) is 18.2 Å². The standard InChI is InChI=1S/C11H13BrFNO2/c12-8-1-2-10(13)9(5-8)11(6-15)7-16-4-3-14-11/h1-2,5,14-15H,3-4,6-7H2. The Kier molecular flexibility index (Phi) is 3.59. The summed E-state index contributed by atoms with van der Waals surface area (Å²) >= 11 is 3.30. The van der Waals surface area contributed by atoms with Gasteiger partial charge in [0.2, 0.25) is 0 Å². The third kappa shape index (κ3) is 2.13. The summed E-state index contributed by atoms with van der Waals surface area (Å²) in [4.78, 5) is 0. The largest absolute Gasteiger partial charge is 0.394 e. The third-order valence-electron chi connectivity index (χ3n) is 2.77. The zero-order valence-electron chi connectivity index (χ0n) is 8.67. The summed E-state index contributed by atoms with van der Waals surface area (Å²) in [5.41, 5.74) is -0.393. The molecule has 88 valence electrons. The van der Waals surface area contributed by atoms with Crippen molar-refractivity contribution in [2.24, 2.45) is 0 Å². The highest BCUT2D eigenvalue weighted by Gasteiger charge is 2.36. The van der Waals surface area contributed by atoms with E-state index >= 15 is 0 Å². The van der Waals surface area contributed by atoms with E-state index in [2.05, 4.69) is 21.2 Å². The highest BCUT2D eigenvalue weighted by atomic mass is 79.9. The quantitative estimate of drug-likeness (QED) is 0.865. The molecule has 1 aromatic rings. The van der Waals surface area contributed by atoms with Gasteiger partial charge < -0.3 is 15.2 Å². The summed E-state index contributed by atoms with van der Waals surface area (Å²) in [6.45, 7) is 1.27. The number of nitrogens with one attached hydrogen (secondary N) is 1. The Labute approximate surface area is 102 Å². The summed E-state index contributed by atoms with van der Waals surface area (Å²) in [6, 6.07) is 4.69. The predicted octanol–water partition coefficient (Wildman–Crippen LogP) is 1.40. The molecular formula is C11H13BrFNO2. The lowest BCUT2D eigenvalue weighted by atomic mass is 9.90. The van der Waals surface area contributed by atoms with E-state index in [-0.39, 0.29) is 19.0 Å². The van der Waals surface area contributed by atoms with E-state index in [1.165, 1.54) is 6.07 Å². The monoisotopic (exact) mass is 289 g/mol. The minimum Gasteiger partial charge on any atom is -0.394 e. The van der Waals surface area contributed by atoms with Crippen LogP contribution in [0.15, 0.2) is 22.7 Å². The molecule has 3 nitrogen and oxygen atoms in total. The maximum atomic E-state index is 13.8. The van der Waals surface area contributed by atoms with Gasteiger partial charge in [0.05, 0.1) is 25.4 Å². The van der Waals surface area contributed by atoms with Gasteiger partial charge >= 0.3 is 0 Å². The molecule has 1 atom stereocenters. The number of ether oxygens (including phenoxy) is 1. The molecule has 1 aliphatic heterocycles. The van der Waals surface area contributed by atoms with Crippen molar-refractivity contribution in [1.82, 2.24) is 5.32 Å². The molecule has 0 spiro atoms. The van der Waals surface area contributed by atoms with Gasteiger partial charge in [0.25, 0.3) is 0 Å². The topological polar surface area (TPSA) is 41.5 Å². The summed E-state index contributed by atoms with van der Waals surface area (Å²) in [6.07, 6.45) is 0. The first-order valence-corrected chi connectivity index (χ1v) is 5.86. The van der Waals surface area contributed by atoms with Gasteiger partial charge in [0.15, 0.2) is 0 Å². The van der Waals surface area contributed by atoms with Crippen LogP contribution >= 0.6 is 15.9 Å². The maximum absolute atomic E-state index is 13.8. The molecule has 0 amide bonds. The molecule has 1 aliphatic rings. The molecule has 1 fully saturated rings. The fourth-order valence-corrected chi connectivity index (χ4v) is 2.24. The second-order valence-corrected chi connectivity index (χ2v) is 4.76. The van der Waals surface area contributed by atoms with E-state index in [1.54, 1.807) is 12.1 Å². The number of benzene rings is 1. The Morgan fingerprint density at radius 1 is 1.56 bits per heavy atom. The van der Waals surface area contributed by atoms with Crippen molar-refractivity contribution in [1.29, 1.82) is 0 Å². The second kappa shape index (κ2) is 4.79. The van der Waals surface area contributed by atoms with Crippen LogP contribution in [0.5, 0.6) is 0 Å². The van der Waals surface area contributed by atoms with Gasteiger partial charge in [0.1, 0.15) is 5.82 Å². The molecule has 5 heteroatoms. The predicted molar refractivity (Wildman–Crippen MR) is 61.7 cm³/mol. The number of aliphatic hydroxyl groups is 1. The van der Waals surface area contributed by atoms with Crippen molar-refractivity contribution in [3.63, 3.8) is 0 Å². The lowest BCUT2D eigenvalue weighted by molar-refractivity contribution is -0.00499. The van der Waals surface area contributed by atoms with E-state index < -0.39 is 5.54 Å². The minimum absolute atomic E-state index is 0.194. The molecule has 1 aromatic carbocycles. The van der Waals surface area contributed by atoms with Crippen LogP contribution in [0.1, 0.15) is 5.56 Å². The number of hydrogen-bond donors (Lipinski definition) is 2. The van der Waals surface area contributed by atoms with E-state index in [1.807, 2.05) is 0 Å². The molecular weight excluding hydrogens is 277 g/mol. The van der Waals surface area contributed by atoms with Crippen LogP contribution in [0.3, 0.4) is 0 Å². The molecule has 0 saturated carbocycles. The summed E-state index contributed by atoms with van der Waals surface area (Å²) < 4.78 is 19.9. The van der Waals surface area contributed by atoms with E-state index in [0.29, 0.717) is 18.7 Å². The number of halogens is 2. The number of morpholine rings is 1. The van der Waals surface area contributed by atoms with Gasteiger partial charge in [-0.15, -0.1) is 0 Å². The van der Waals surface area contributed by atoms with Crippen molar-refractivity contribution >= 4 is 15.9 Å². The number of rotatable bonds is 2. The number of hydrogen-bond acceptors (Lipinski definition) is 3. The number of aliphatic hydroxyl groups excluding tert-OH is 1.